The maximum atomic E-state index is 10.7. The standard InChI is InChI=1S/C13H21NO4S/c1-10-4-5-11(2)13(12(10)3)18-7-6-17-8-9-19(14,15)16/h4-5H,6-9H2,1-3H3,(H2,14,15,16). The molecule has 6 heteroatoms. The predicted octanol–water partition coefficient (Wildman–Crippen LogP) is 1.30. The van der Waals surface area contributed by atoms with E-state index in [0.717, 1.165) is 16.9 Å². The van der Waals surface area contributed by atoms with E-state index in [1.165, 1.54) is 5.56 Å². The Balaban J connectivity index is 2.36. The van der Waals surface area contributed by atoms with Gasteiger partial charge >= 0.3 is 0 Å². The summed E-state index contributed by atoms with van der Waals surface area (Å²) in [6.07, 6.45) is 0. The zero-order valence-corrected chi connectivity index (χ0v) is 12.4. The largest absolute Gasteiger partial charge is 0.491 e. The molecule has 0 radical (unpaired) electrons. The van der Waals surface area contributed by atoms with Crippen LogP contribution >= 0.6 is 0 Å². The lowest BCUT2D eigenvalue weighted by molar-refractivity contribution is 0.110. The van der Waals surface area contributed by atoms with Crippen molar-refractivity contribution in [3.8, 4) is 5.75 Å². The fraction of sp³-hybridized carbons (Fsp3) is 0.538. The van der Waals surface area contributed by atoms with Crippen LogP contribution in [0.4, 0.5) is 0 Å². The van der Waals surface area contributed by atoms with Crippen LogP contribution in [-0.2, 0) is 14.8 Å². The number of ether oxygens (including phenoxy) is 2. The molecule has 0 unspecified atom stereocenters. The molecule has 5 nitrogen and oxygen atoms in total. The molecule has 0 atom stereocenters. The average molecular weight is 287 g/mol. The van der Waals surface area contributed by atoms with Crippen molar-refractivity contribution < 1.29 is 17.9 Å². The Morgan fingerprint density at radius 2 is 1.68 bits per heavy atom. The van der Waals surface area contributed by atoms with Crippen molar-refractivity contribution in [3.63, 3.8) is 0 Å². The Hall–Kier alpha value is -1.11. The van der Waals surface area contributed by atoms with Gasteiger partial charge in [0.15, 0.2) is 0 Å². The molecule has 1 aromatic carbocycles. The number of hydrogen-bond donors (Lipinski definition) is 1. The lowest BCUT2D eigenvalue weighted by Gasteiger charge is -2.14. The van der Waals surface area contributed by atoms with E-state index in [4.69, 9.17) is 14.6 Å². The van der Waals surface area contributed by atoms with Crippen molar-refractivity contribution in [2.75, 3.05) is 25.6 Å². The van der Waals surface area contributed by atoms with Crippen molar-refractivity contribution in [1.82, 2.24) is 0 Å². The molecule has 2 N–H and O–H groups in total. The molecule has 0 bridgehead atoms. The highest BCUT2D eigenvalue weighted by molar-refractivity contribution is 7.89. The van der Waals surface area contributed by atoms with Crippen molar-refractivity contribution in [1.29, 1.82) is 0 Å². The number of aryl methyl sites for hydroxylation is 2. The summed E-state index contributed by atoms with van der Waals surface area (Å²) in [7, 11) is -3.45. The first kappa shape index (κ1) is 15.9. The number of sulfonamides is 1. The molecule has 0 heterocycles. The number of benzene rings is 1. The van der Waals surface area contributed by atoms with Crippen LogP contribution in [0.2, 0.25) is 0 Å². The van der Waals surface area contributed by atoms with E-state index in [-0.39, 0.29) is 12.4 Å². The lowest BCUT2D eigenvalue weighted by atomic mass is 10.1. The quantitative estimate of drug-likeness (QED) is 0.767. The van der Waals surface area contributed by atoms with Crippen LogP contribution in [0.15, 0.2) is 12.1 Å². The second-order valence-corrected chi connectivity index (χ2v) is 6.22. The molecule has 0 aliphatic carbocycles. The summed E-state index contributed by atoms with van der Waals surface area (Å²) in [6.45, 7) is 6.85. The molecule has 19 heavy (non-hydrogen) atoms. The van der Waals surface area contributed by atoms with Gasteiger partial charge in [-0.15, -0.1) is 0 Å². The Morgan fingerprint density at radius 1 is 1.05 bits per heavy atom. The van der Waals surface area contributed by atoms with Gasteiger partial charge in [-0.1, -0.05) is 12.1 Å². The summed E-state index contributed by atoms with van der Waals surface area (Å²) in [5, 5.41) is 4.86. The van der Waals surface area contributed by atoms with Gasteiger partial charge in [-0.3, -0.25) is 0 Å². The zero-order valence-electron chi connectivity index (χ0n) is 11.6. The van der Waals surface area contributed by atoms with Gasteiger partial charge < -0.3 is 9.47 Å². The zero-order chi connectivity index (χ0) is 14.5. The summed E-state index contributed by atoms with van der Waals surface area (Å²) in [5.41, 5.74) is 3.37. The third kappa shape index (κ3) is 5.59. The Labute approximate surface area is 114 Å². The van der Waals surface area contributed by atoms with E-state index in [2.05, 4.69) is 6.07 Å². The molecule has 0 aliphatic heterocycles. The average Bonchev–Trinajstić information content (AvgIpc) is 2.31. The molecule has 0 aliphatic rings. The van der Waals surface area contributed by atoms with Gasteiger partial charge in [-0.2, -0.15) is 0 Å². The van der Waals surface area contributed by atoms with Gasteiger partial charge in [0, 0.05) is 0 Å². The van der Waals surface area contributed by atoms with Crippen LogP contribution in [0, 0.1) is 20.8 Å². The topological polar surface area (TPSA) is 78.6 Å². The highest BCUT2D eigenvalue weighted by Crippen LogP contribution is 2.25. The first-order chi connectivity index (χ1) is 8.81. The van der Waals surface area contributed by atoms with Gasteiger partial charge in [0.2, 0.25) is 10.0 Å². The van der Waals surface area contributed by atoms with E-state index < -0.39 is 10.0 Å². The van der Waals surface area contributed by atoms with Crippen molar-refractivity contribution >= 4 is 10.0 Å². The third-order valence-electron chi connectivity index (χ3n) is 2.86. The SMILES string of the molecule is Cc1ccc(C)c(OCCOCCS(N)(=O)=O)c1C. The molecular formula is C13H21NO4S. The fourth-order valence-corrected chi connectivity index (χ4v) is 1.98. The Morgan fingerprint density at radius 3 is 2.32 bits per heavy atom. The van der Waals surface area contributed by atoms with Crippen LogP contribution in [0.25, 0.3) is 0 Å². The van der Waals surface area contributed by atoms with Gasteiger partial charge in [0.25, 0.3) is 0 Å². The molecule has 0 spiro atoms. The first-order valence-corrected chi connectivity index (χ1v) is 7.80. The van der Waals surface area contributed by atoms with E-state index in [0.29, 0.717) is 13.2 Å². The second kappa shape index (κ2) is 6.88. The van der Waals surface area contributed by atoms with E-state index in [1.54, 1.807) is 0 Å². The van der Waals surface area contributed by atoms with Crippen molar-refractivity contribution in [2.45, 2.75) is 20.8 Å². The van der Waals surface area contributed by atoms with Crippen molar-refractivity contribution in [3.05, 3.63) is 28.8 Å². The van der Waals surface area contributed by atoms with E-state index >= 15 is 0 Å². The van der Waals surface area contributed by atoms with E-state index in [9.17, 15) is 8.42 Å². The number of primary sulfonamides is 1. The van der Waals surface area contributed by atoms with Crippen molar-refractivity contribution in [2.24, 2.45) is 5.14 Å². The summed E-state index contributed by atoms with van der Waals surface area (Å²) in [6, 6.07) is 4.07. The monoisotopic (exact) mass is 287 g/mol. The smallest absolute Gasteiger partial charge is 0.211 e. The second-order valence-electron chi connectivity index (χ2n) is 4.48. The minimum absolute atomic E-state index is 0.0912. The van der Waals surface area contributed by atoms with Crippen LogP contribution in [0.1, 0.15) is 16.7 Å². The van der Waals surface area contributed by atoms with Crippen LogP contribution in [0.5, 0.6) is 5.75 Å². The Bertz CT molecular complexity index is 526. The van der Waals surface area contributed by atoms with E-state index in [1.807, 2.05) is 26.8 Å². The van der Waals surface area contributed by atoms with Gasteiger partial charge in [0.1, 0.15) is 12.4 Å². The molecular weight excluding hydrogens is 266 g/mol. The first-order valence-electron chi connectivity index (χ1n) is 6.09. The Kier molecular flexibility index (Phi) is 5.78. The van der Waals surface area contributed by atoms with Gasteiger partial charge in [-0.05, 0) is 37.5 Å². The molecule has 1 aromatic rings. The van der Waals surface area contributed by atoms with Crippen LogP contribution < -0.4 is 9.88 Å². The highest BCUT2D eigenvalue weighted by Gasteiger charge is 2.06. The summed E-state index contributed by atoms with van der Waals surface area (Å²) < 4.78 is 32.2. The van der Waals surface area contributed by atoms with Gasteiger partial charge in [0.05, 0.1) is 19.0 Å². The predicted molar refractivity (Wildman–Crippen MR) is 74.9 cm³/mol. The summed E-state index contributed by atoms with van der Waals surface area (Å²) in [4.78, 5) is 0. The molecule has 0 fully saturated rings. The molecule has 1 rings (SSSR count). The minimum atomic E-state index is -3.45. The number of hydrogen-bond acceptors (Lipinski definition) is 4. The van der Waals surface area contributed by atoms with Gasteiger partial charge in [-0.25, -0.2) is 13.6 Å². The van der Waals surface area contributed by atoms with Crippen LogP contribution in [-0.4, -0.2) is 34.0 Å². The molecule has 0 saturated carbocycles. The minimum Gasteiger partial charge on any atom is -0.491 e. The summed E-state index contributed by atoms with van der Waals surface area (Å²) >= 11 is 0. The molecule has 0 amide bonds. The maximum Gasteiger partial charge on any atom is 0.211 e. The molecule has 108 valence electrons. The third-order valence-corrected chi connectivity index (χ3v) is 3.60. The summed E-state index contributed by atoms with van der Waals surface area (Å²) in [5.74, 6) is 0.699. The van der Waals surface area contributed by atoms with Crippen LogP contribution in [0.3, 0.4) is 0 Å². The molecule has 0 aromatic heterocycles. The highest BCUT2D eigenvalue weighted by atomic mass is 32.2. The lowest BCUT2D eigenvalue weighted by Crippen LogP contribution is -2.21. The number of nitrogens with two attached hydrogens (primary N) is 1. The number of rotatable bonds is 7. The fourth-order valence-electron chi connectivity index (χ4n) is 1.63. The normalized spacial score (nSPS) is 11.6. The maximum absolute atomic E-state index is 10.7. The molecule has 0 saturated heterocycles.